The third kappa shape index (κ3) is 2.58. The maximum Gasteiger partial charge on any atom is 0.172 e. The summed E-state index contributed by atoms with van der Waals surface area (Å²) in [6.45, 7) is 3.14. The zero-order valence-electron chi connectivity index (χ0n) is 9.31. The van der Waals surface area contributed by atoms with Crippen molar-refractivity contribution >= 4 is 6.29 Å². The predicted octanol–water partition coefficient (Wildman–Crippen LogP) is 1.76. The van der Waals surface area contributed by atoms with Gasteiger partial charge in [0.2, 0.25) is 0 Å². The molecule has 1 aromatic heterocycles. The van der Waals surface area contributed by atoms with E-state index >= 15 is 0 Å². The van der Waals surface area contributed by atoms with Crippen LogP contribution in [-0.2, 0) is 4.74 Å². The van der Waals surface area contributed by atoms with E-state index in [2.05, 4.69) is 4.98 Å². The topological polar surface area (TPSA) is 48.4 Å². The van der Waals surface area contributed by atoms with Crippen molar-refractivity contribution in [3.8, 4) is 5.75 Å². The fraction of sp³-hybridized carbons (Fsp3) is 0.500. The van der Waals surface area contributed by atoms with Crippen LogP contribution in [0.5, 0.6) is 5.75 Å². The van der Waals surface area contributed by atoms with Crippen LogP contribution in [0.1, 0.15) is 29.0 Å². The second-order valence-corrected chi connectivity index (χ2v) is 3.90. The van der Waals surface area contributed by atoms with E-state index in [0.717, 1.165) is 31.4 Å². The summed E-state index contributed by atoms with van der Waals surface area (Å²) in [5, 5.41) is 0. The maximum atomic E-state index is 10.8. The number of pyridine rings is 1. The molecule has 1 aliphatic heterocycles. The Morgan fingerprint density at radius 3 is 3.19 bits per heavy atom. The van der Waals surface area contributed by atoms with E-state index in [1.165, 1.54) is 0 Å². The van der Waals surface area contributed by atoms with E-state index in [1.807, 2.05) is 13.0 Å². The highest BCUT2D eigenvalue weighted by Gasteiger charge is 2.16. The Bertz CT molecular complexity index is 373. The van der Waals surface area contributed by atoms with E-state index in [9.17, 15) is 4.79 Å². The number of hydrogen-bond donors (Lipinski definition) is 0. The molecule has 0 spiro atoms. The number of aldehydes is 1. The highest BCUT2D eigenvalue weighted by atomic mass is 16.5. The molecule has 0 amide bonds. The molecule has 1 aromatic rings. The largest absolute Gasteiger partial charge is 0.488 e. The van der Waals surface area contributed by atoms with Gasteiger partial charge in [0, 0.05) is 12.3 Å². The molecule has 0 aromatic carbocycles. The van der Waals surface area contributed by atoms with Crippen LogP contribution in [0.4, 0.5) is 0 Å². The second-order valence-electron chi connectivity index (χ2n) is 3.90. The van der Waals surface area contributed by atoms with Crippen LogP contribution in [0, 0.1) is 6.92 Å². The average molecular weight is 221 g/mol. The van der Waals surface area contributed by atoms with Crippen molar-refractivity contribution in [2.45, 2.75) is 25.9 Å². The van der Waals surface area contributed by atoms with Crippen LogP contribution in [0.3, 0.4) is 0 Å². The molecular formula is C12H15NO3. The molecule has 1 aliphatic rings. The number of carbonyl (C=O) groups excluding carboxylic acids is 1. The quantitative estimate of drug-likeness (QED) is 0.727. The number of aryl methyl sites for hydroxylation is 1. The monoisotopic (exact) mass is 221 g/mol. The van der Waals surface area contributed by atoms with Crippen molar-refractivity contribution in [3.63, 3.8) is 0 Å². The van der Waals surface area contributed by atoms with Crippen molar-refractivity contribution in [1.29, 1.82) is 0 Å². The summed E-state index contributed by atoms with van der Waals surface area (Å²) < 4.78 is 11.0. The lowest BCUT2D eigenvalue weighted by Gasteiger charge is -2.12. The van der Waals surface area contributed by atoms with Crippen LogP contribution < -0.4 is 4.74 Å². The third-order valence-electron chi connectivity index (χ3n) is 2.59. The first-order valence-corrected chi connectivity index (χ1v) is 5.47. The summed E-state index contributed by atoms with van der Waals surface area (Å²) >= 11 is 0. The molecule has 0 aliphatic carbocycles. The number of carbonyl (C=O) groups is 1. The van der Waals surface area contributed by atoms with E-state index < -0.39 is 0 Å². The molecule has 1 atom stereocenters. The molecule has 0 saturated carbocycles. The Hall–Kier alpha value is -1.42. The highest BCUT2D eigenvalue weighted by molar-refractivity contribution is 5.76. The molecule has 4 nitrogen and oxygen atoms in total. The molecular weight excluding hydrogens is 206 g/mol. The Labute approximate surface area is 94.6 Å². The van der Waals surface area contributed by atoms with Crippen molar-refractivity contribution < 1.29 is 14.3 Å². The van der Waals surface area contributed by atoms with Gasteiger partial charge in [-0.1, -0.05) is 0 Å². The number of ether oxygens (including phenoxy) is 2. The fourth-order valence-corrected chi connectivity index (χ4v) is 1.73. The third-order valence-corrected chi connectivity index (χ3v) is 2.59. The average Bonchev–Trinajstić information content (AvgIpc) is 2.80. The lowest BCUT2D eigenvalue weighted by Crippen LogP contribution is -2.17. The second kappa shape index (κ2) is 5.07. The lowest BCUT2D eigenvalue weighted by atomic mass is 10.2. The Morgan fingerprint density at radius 1 is 1.62 bits per heavy atom. The molecule has 1 fully saturated rings. The first-order chi connectivity index (χ1) is 7.79. The van der Waals surface area contributed by atoms with Gasteiger partial charge < -0.3 is 9.47 Å². The van der Waals surface area contributed by atoms with Crippen molar-refractivity contribution in [2.24, 2.45) is 0 Å². The highest BCUT2D eigenvalue weighted by Crippen LogP contribution is 2.18. The minimum absolute atomic E-state index is 0.154. The van der Waals surface area contributed by atoms with Crippen LogP contribution >= 0.6 is 0 Å². The minimum atomic E-state index is 0.154. The summed E-state index contributed by atoms with van der Waals surface area (Å²) in [4.78, 5) is 14.9. The Balaban J connectivity index is 1.99. The van der Waals surface area contributed by atoms with Gasteiger partial charge in [-0.2, -0.15) is 0 Å². The minimum Gasteiger partial charge on any atom is -0.488 e. The molecule has 0 N–H and O–H groups in total. The molecule has 4 heteroatoms. The zero-order valence-corrected chi connectivity index (χ0v) is 9.31. The van der Waals surface area contributed by atoms with E-state index in [1.54, 1.807) is 6.07 Å². The van der Waals surface area contributed by atoms with Crippen LogP contribution in [0.2, 0.25) is 0 Å². The van der Waals surface area contributed by atoms with Gasteiger partial charge in [-0.3, -0.25) is 4.79 Å². The van der Waals surface area contributed by atoms with Gasteiger partial charge >= 0.3 is 0 Å². The maximum absolute atomic E-state index is 10.8. The van der Waals surface area contributed by atoms with Crippen molar-refractivity contribution in [1.82, 2.24) is 4.98 Å². The summed E-state index contributed by atoms with van der Waals surface area (Å²) in [5.41, 5.74) is 1.17. The molecule has 86 valence electrons. The van der Waals surface area contributed by atoms with Gasteiger partial charge in [-0.15, -0.1) is 0 Å². The van der Waals surface area contributed by atoms with Crippen LogP contribution in [-0.4, -0.2) is 30.6 Å². The van der Waals surface area contributed by atoms with Crippen molar-refractivity contribution in [3.05, 3.63) is 23.5 Å². The predicted molar refractivity (Wildman–Crippen MR) is 58.8 cm³/mol. The normalized spacial score (nSPS) is 19.7. The Morgan fingerprint density at radius 2 is 2.50 bits per heavy atom. The summed E-state index contributed by atoms with van der Waals surface area (Å²) in [5.74, 6) is 0.538. The SMILES string of the molecule is Cc1ccc(OCC2CCCO2)c(C=O)n1. The Kier molecular flexibility index (Phi) is 3.51. The molecule has 1 unspecified atom stereocenters. The van der Waals surface area contributed by atoms with Crippen LogP contribution in [0.15, 0.2) is 12.1 Å². The molecule has 0 bridgehead atoms. The van der Waals surface area contributed by atoms with Crippen LogP contribution in [0.25, 0.3) is 0 Å². The lowest BCUT2D eigenvalue weighted by molar-refractivity contribution is 0.0673. The standard InChI is InChI=1S/C12H15NO3/c1-9-4-5-12(11(7-14)13-9)16-8-10-3-2-6-15-10/h4-5,7,10H,2-3,6,8H2,1H3. The fourth-order valence-electron chi connectivity index (χ4n) is 1.73. The first-order valence-electron chi connectivity index (χ1n) is 5.47. The molecule has 0 radical (unpaired) electrons. The molecule has 2 rings (SSSR count). The molecule has 16 heavy (non-hydrogen) atoms. The number of nitrogens with zero attached hydrogens (tertiary/aromatic N) is 1. The zero-order chi connectivity index (χ0) is 11.4. The van der Waals surface area contributed by atoms with E-state index in [4.69, 9.17) is 9.47 Å². The number of rotatable bonds is 4. The smallest absolute Gasteiger partial charge is 0.172 e. The van der Waals surface area contributed by atoms with Gasteiger partial charge in [0.25, 0.3) is 0 Å². The molecule has 2 heterocycles. The first kappa shape index (κ1) is 11.1. The van der Waals surface area contributed by atoms with Gasteiger partial charge in [0.15, 0.2) is 6.29 Å². The summed E-state index contributed by atoms with van der Waals surface area (Å²) in [6, 6.07) is 3.61. The molecule has 1 saturated heterocycles. The van der Waals surface area contributed by atoms with Gasteiger partial charge in [-0.05, 0) is 31.9 Å². The van der Waals surface area contributed by atoms with Crippen molar-refractivity contribution in [2.75, 3.05) is 13.2 Å². The van der Waals surface area contributed by atoms with Gasteiger partial charge in [0.05, 0.1) is 6.10 Å². The summed E-state index contributed by atoms with van der Waals surface area (Å²) in [6.07, 6.45) is 2.98. The summed E-state index contributed by atoms with van der Waals surface area (Å²) in [7, 11) is 0. The number of hydrogen-bond acceptors (Lipinski definition) is 4. The van der Waals surface area contributed by atoms with Gasteiger partial charge in [0.1, 0.15) is 18.1 Å². The van der Waals surface area contributed by atoms with Gasteiger partial charge in [-0.25, -0.2) is 4.98 Å². The van der Waals surface area contributed by atoms with E-state index in [0.29, 0.717) is 18.1 Å². The number of aromatic nitrogens is 1. The van der Waals surface area contributed by atoms with E-state index in [-0.39, 0.29) is 6.10 Å².